The lowest BCUT2D eigenvalue weighted by Gasteiger charge is -2.11. The average molecular weight is 327 g/mol. The molecule has 0 atom stereocenters. The summed E-state index contributed by atoms with van der Waals surface area (Å²) in [5.41, 5.74) is 2.40. The normalized spacial score (nSPS) is 10.3. The summed E-state index contributed by atoms with van der Waals surface area (Å²) in [6.07, 6.45) is 1.59. The van der Waals surface area contributed by atoms with E-state index in [2.05, 4.69) is 15.6 Å². The van der Waals surface area contributed by atoms with Gasteiger partial charge in [0.25, 0.3) is 5.91 Å². The molecule has 23 heavy (non-hydrogen) atoms. The van der Waals surface area contributed by atoms with Crippen LogP contribution in [-0.2, 0) is 0 Å². The highest BCUT2D eigenvalue weighted by molar-refractivity contribution is 7.13. The second-order valence-corrected chi connectivity index (χ2v) is 5.82. The first kappa shape index (κ1) is 15.2. The van der Waals surface area contributed by atoms with Crippen molar-refractivity contribution in [2.45, 2.75) is 6.92 Å². The van der Waals surface area contributed by atoms with Crippen LogP contribution in [0.15, 0.2) is 54.0 Å². The van der Waals surface area contributed by atoms with Gasteiger partial charge in [0, 0.05) is 22.8 Å². The Kier molecular flexibility index (Phi) is 4.34. The van der Waals surface area contributed by atoms with Crippen LogP contribution in [0.3, 0.4) is 0 Å². The third-order valence-corrected chi connectivity index (χ3v) is 3.99. The second kappa shape index (κ2) is 6.58. The molecule has 0 spiro atoms. The largest absolute Gasteiger partial charge is 0.353 e. The quantitative estimate of drug-likeness (QED) is 0.737. The Morgan fingerprint density at radius 1 is 1.17 bits per heavy atom. The molecule has 2 aromatic carbocycles. The highest BCUT2D eigenvalue weighted by atomic mass is 32.1. The number of hydrogen-bond donors (Lipinski definition) is 2. The molecule has 116 valence electrons. The number of halogens is 1. The predicted octanol–water partition coefficient (Wildman–Crippen LogP) is 4.59. The van der Waals surface area contributed by atoms with E-state index in [0.29, 0.717) is 10.8 Å². The van der Waals surface area contributed by atoms with Gasteiger partial charge in [-0.25, -0.2) is 9.37 Å². The monoisotopic (exact) mass is 327 g/mol. The van der Waals surface area contributed by atoms with Gasteiger partial charge in [-0.2, -0.15) is 0 Å². The van der Waals surface area contributed by atoms with Crippen LogP contribution in [-0.4, -0.2) is 10.9 Å². The molecular weight excluding hydrogens is 313 g/mol. The van der Waals surface area contributed by atoms with Gasteiger partial charge in [-0.1, -0.05) is 18.2 Å². The van der Waals surface area contributed by atoms with Gasteiger partial charge in [-0.05, 0) is 36.8 Å². The molecule has 4 nitrogen and oxygen atoms in total. The molecule has 0 bridgehead atoms. The number of aromatic nitrogens is 1. The number of amides is 1. The number of nitrogens with zero attached hydrogens (tertiary/aromatic N) is 1. The SMILES string of the molecule is Cc1ccccc1Nc1ccc(C(=O)Nc2nccs2)cc1F. The lowest BCUT2D eigenvalue weighted by Crippen LogP contribution is -2.12. The van der Waals surface area contributed by atoms with Crippen molar-refractivity contribution in [2.75, 3.05) is 10.6 Å². The molecule has 0 fully saturated rings. The first-order valence-corrected chi connectivity index (χ1v) is 7.84. The third kappa shape index (κ3) is 3.54. The summed E-state index contributed by atoms with van der Waals surface area (Å²) in [7, 11) is 0. The molecule has 1 heterocycles. The van der Waals surface area contributed by atoms with Gasteiger partial charge >= 0.3 is 0 Å². The molecule has 0 saturated heterocycles. The zero-order valence-corrected chi connectivity index (χ0v) is 13.2. The van der Waals surface area contributed by atoms with E-state index >= 15 is 0 Å². The van der Waals surface area contributed by atoms with Crippen molar-refractivity contribution in [3.8, 4) is 0 Å². The first-order valence-electron chi connectivity index (χ1n) is 6.96. The Hall–Kier alpha value is -2.73. The summed E-state index contributed by atoms with van der Waals surface area (Å²) in [4.78, 5) is 16.0. The van der Waals surface area contributed by atoms with Crippen LogP contribution in [0.4, 0.5) is 20.9 Å². The first-order chi connectivity index (χ1) is 11.1. The molecule has 0 aliphatic carbocycles. The van der Waals surface area contributed by atoms with Crippen molar-refractivity contribution in [2.24, 2.45) is 0 Å². The van der Waals surface area contributed by atoms with Gasteiger partial charge in [0.15, 0.2) is 5.13 Å². The van der Waals surface area contributed by atoms with E-state index in [1.807, 2.05) is 31.2 Å². The highest BCUT2D eigenvalue weighted by Crippen LogP contribution is 2.24. The van der Waals surface area contributed by atoms with E-state index in [9.17, 15) is 9.18 Å². The van der Waals surface area contributed by atoms with Crippen LogP contribution < -0.4 is 10.6 Å². The fourth-order valence-electron chi connectivity index (χ4n) is 2.07. The van der Waals surface area contributed by atoms with Crippen molar-refractivity contribution >= 4 is 33.8 Å². The number of aryl methyl sites for hydroxylation is 1. The van der Waals surface area contributed by atoms with Crippen molar-refractivity contribution in [1.29, 1.82) is 0 Å². The highest BCUT2D eigenvalue weighted by Gasteiger charge is 2.11. The summed E-state index contributed by atoms with van der Waals surface area (Å²) in [6.45, 7) is 1.94. The van der Waals surface area contributed by atoms with Crippen LogP contribution in [0.2, 0.25) is 0 Å². The Morgan fingerprint density at radius 2 is 2.00 bits per heavy atom. The molecule has 3 rings (SSSR count). The summed E-state index contributed by atoms with van der Waals surface area (Å²) < 4.78 is 14.3. The number of anilines is 3. The van der Waals surface area contributed by atoms with Crippen molar-refractivity contribution in [3.63, 3.8) is 0 Å². The Bertz CT molecular complexity index is 834. The molecule has 1 aromatic heterocycles. The van der Waals surface area contributed by atoms with Crippen LogP contribution in [0.1, 0.15) is 15.9 Å². The number of rotatable bonds is 4. The maximum Gasteiger partial charge on any atom is 0.257 e. The maximum atomic E-state index is 14.3. The van der Waals surface area contributed by atoms with E-state index in [1.165, 1.54) is 17.4 Å². The lowest BCUT2D eigenvalue weighted by atomic mass is 10.1. The van der Waals surface area contributed by atoms with Crippen LogP contribution in [0, 0.1) is 12.7 Å². The number of carbonyl (C=O) groups excluding carboxylic acids is 1. The molecule has 0 aliphatic heterocycles. The topological polar surface area (TPSA) is 54.0 Å². The van der Waals surface area contributed by atoms with Gasteiger partial charge in [0.1, 0.15) is 5.82 Å². The number of hydrogen-bond acceptors (Lipinski definition) is 4. The molecule has 0 unspecified atom stereocenters. The predicted molar refractivity (Wildman–Crippen MR) is 90.9 cm³/mol. The lowest BCUT2D eigenvalue weighted by molar-refractivity contribution is 0.102. The third-order valence-electron chi connectivity index (χ3n) is 3.30. The van der Waals surface area contributed by atoms with E-state index in [4.69, 9.17) is 0 Å². The van der Waals surface area contributed by atoms with Crippen molar-refractivity contribution in [3.05, 3.63) is 71.0 Å². The number of carbonyl (C=O) groups is 1. The average Bonchev–Trinajstić information content (AvgIpc) is 3.04. The fraction of sp³-hybridized carbons (Fsp3) is 0.0588. The van der Waals surface area contributed by atoms with E-state index < -0.39 is 5.82 Å². The minimum absolute atomic E-state index is 0.244. The number of para-hydroxylation sites is 1. The molecular formula is C17H14FN3OS. The van der Waals surface area contributed by atoms with Crippen molar-refractivity contribution in [1.82, 2.24) is 4.98 Å². The minimum Gasteiger partial charge on any atom is -0.353 e. The standard InChI is InChI=1S/C17H14FN3OS/c1-11-4-2-3-5-14(11)20-15-7-6-12(10-13(15)18)16(22)21-17-19-8-9-23-17/h2-10,20H,1H3,(H,19,21,22). The van der Waals surface area contributed by atoms with E-state index in [1.54, 1.807) is 23.7 Å². The van der Waals surface area contributed by atoms with Gasteiger partial charge in [-0.15, -0.1) is 11.3 Å². The van der Waals surface area contributed by atoms with Gasteiger partial charge in [-0.3, -0.25) is 10.1 Å². The summed E-state index contributed by atoms with van der Waals surface area (Å²) in [6, 6.07) is 12.0. The van der Waals surface area contributed by atoms with Crippen LogP contribution in [0.25, 0.3) is 0 Å². The summed E-state index contributed by atoms with van der Waals surface area (Å²) in [5.74, 6) is -0.874. The van der Waals surface area contributed by atoms with Crippen LogP contribution in [0.5, 0.6) is 0 Å². The second-order valence-electron chi connectivity index (χ2n) is 4.93. The van der Waals surface area contributed by atoms with E-state index in [-0.39, 0.29) is 11.5 Å². The maximum absolute atomic E-state index is 14.3. The van der Waals surface area contributed by atoms with E-state index in [0.717, 1.165) is 11.3 Å². The number of benzene rings is 2. The molecule has 0 radical (unpaired) electrons. The summed E-state index contributed by atoms with van der Waals surface area (Å²) >= 11 is 1.31. The Labute approximate surface area is 137 Å². The molecule has 0 aliphatic rings. The smallest absolute Gasteiger partial charge is 0.257 e. The van der Waals surface area contributed by atoms with Gasteiger partial charge in [0.05, 0.1) is 5.69 Å². The molecule has 6 heteroatoms. The van der Waals surface area contributed by atoms with Gasteiger partial charge < -0.3 is 5.32 Å². The molecule has 2 N–H and O–H groups in total. The van der Waals surface area contributed by atoms with Gasteiger partial charge in [0.2, 0.25) is 0 Å². The Balaban J connectivity index is 1.78. The van der Waals surface area contributed by atoms with Crippen molar-refractivity contribution < 1.29 is 9.18 Å². The number of thiazole rings is 1. The molecule has 1 amide bonds. The zero-order valence-electron chi connectivity index (χ0n) is 12.3. The van der Waals surface area contributed by atoms with Crippen LogP contribution >= 0.6 is 11.3 Å². The minimum atomic E-state index is -0.486. The summed E-state index contributed by atoms with van der Waals surface area (Å²) in [5, 5.41) is 7.90. The Morgan fingerprint density at radius 3 is 2.70 bits per heavy atom. The fourth-order valence-corrected chi connectivity index (χ4v) is 2.59. The molecule has 3 aromatic rings. The zero-order chi connectivity index (χ0) is 16.2. The molecule has 0 saturated carbocycles. The number of nitrogens with one attached hydrogen (secondary N) is 2.